The standard InChI is InChI=1S/C15H19NO3S2/c1-2-9-16(11-7-8-11)21(18,19)15-12-5-3-4-6-13(12)20-14(15)10-17/h3-6,11,17H,2,7-10H2,1H3. The quantitative estimate of drug-likeness (QED) is 0.888. The molecule has 0 spiro atoms. The van der Waals surface area contributed by atoms with Crippen molar-refractivity contribution in [3.63, 3.8) is 0 Å². The lowest BCUT2D eigenvalue weighted by Gasteiger charge is -2.21. The van der Waals surface area contributed by atoms with Gasteiger partial charge >= 0.3 is 0 Å². The van der Waals surface area contributed by atoms with Gasteiger partial charge < -0.3 is 5.11 Å². The van der Waals surface area contributed by atoms with Crippen molar-refractivity contribution in [2.75, 3.05) is 6.54 Å². The Hall–Kier alpha value is -0.950. The molecule has 1 heterocycles. The largest absolute Gasteiger partial charge is 0.391 e. The first kappa shape index (κ1) is 15.0. The average Bonchev–Trinajstić information content (AvgIpc) is 3.22. The highest BCUT2D eigenvalue weighted by molar-refractivity contribution is 7.89. The minimum Gasteiger partial charge on any atom is -0.391 e. The summed E-state index contributed by atoms with van der Waals surface area (Å²) >= 11 is 1.36. The maximum absolute atomic E-state index is 13.1. The molecule has 1 N–H and O–H groups in total. The van der Waals surface area contributed by atoms with Gasteiger partial charge in [0.2, 0.25) is 10.0 Å². The van der Waals surface area contributed by atoms with E-state index in [1.54, 1.807) is 4.31 Å². The molecular formula is C15H19NO3S2. The molecule has 0 unspecified atom stereocenters. The van der Waals surface area contributed by atoms with Crippen molar-refractivity contribution in [2.45, 2.75) is 43.7 Å². The van der Waals surface area contributed by atoms with E-state index in [1.165, 1.54) is 11.3 Å². The predicted molar refractivity (Wildman–Crippen MR) is 85.0 cm³/mol. The number of thiophene rings is 1. The average molecular weight is 325 g/mol. The van der Waals surface area contributed by atoms with Gasteiger partial charge in [-0.3, -0.25) is 0 Å². The van der Waals surface area contributed by atoms with E-state index in [0.29, 0.717) is 16.3 Å². The topological polar surface area (TPSA) is 57.6 Å². The number of aliphatic hydroxyl groups excluding tert-OH is 1. The van der Waals surface area contributed by atoms with Crippen LogP contribution in [0, 0.1) is 0 Å². The summed E-state index contributed by atoms with van der Waals surface area (Å²) in [5, 5.41) is 10.3. The molecule has 4 nitrogen and oxygen atoms in total. The third kappa shape index (κ3) is 2.61. The third-order valence-electron chi connectivity index (χ3n) is 3.73. The Morgan fingerprint density at radius 1 is 1.33 bits per heavy atom. The van der Waals surface area contributed by atoms with Crippen molar-refractivity contribution in [1.29, 1.82) is 0 Å². The molecule has 0 bridgehead atoms. The molecule has 1 aromatic heterocycles. The van der Waals surface area contributed by atoms with Crippen LogP contribution < -0.4 is 0 Å². The molecule has 21 heavy (non-hydrogen) atoms. The number of hydrogen-bond donors (Lipinski definition) is 1. The summed E-state index contributed by atoms with van der Waals surface area (Å²) in [7, 11) is -3.54. The molecule has 114 valence electrons. The van der Waals surface area contributed by atoms with Crippen LogP contribution in [-0.4, -0.2) is 30.4 Å². The normalized spacial score (nSPS) is 16.0. The fourth-order valence-electron chi connectivity index (χ4n) is 2.66. The first-order chi connectivity index (χ1) is 10.1. The van der Waals surface area contributed by atoms with Crippen molar-refractivity contribution in [2.24, 2.45) is 0 Å². The van der Waals surface area contributed by atoms with Crippen LogP contribution in [0.4, 0.5) is 0 Å². The van der Waals surface area contributed by atoms with Gasteiger partial charge in [0, 0.05) is 22.7 Å². The fraction of sp³-hybridized carbons (Fsp3) is 0.467. The van der Waals surface area contributed by atoms with Crippen molar-refractivity contribution in [3.05, 3.63) is 29.1 Å². The SMILES string of the molecule is CCCN(C1CC1)S(=O)(=O)c1c(CO)sc2ccccc12. The lowest BCUT2D eigenvalue weighted by molar-refractivity contribution is 0.282. The molecule has 1 aliphatic rings. The molecule has 0 radical (unpaired) electrons. The second-order valence-corrected chi connectivity index (χ2v) is 8.32. The number of benzene rings is 1. The van der Waals surface area contributed by atoms with E-state index in [-0.39, 0.29) is 12.6 Å². The maximum Gasteiger partial charge on any atom is 0.245 e. The van der Waals surface area contributed by atoms with Gasteiger partial charge in [-0.05, 0) is 25.3 Å². The molecule has 1 aromatic carbocycles. The molecule has 2 aromatic rings. The Balaban J connectivity index is 2.17. The van der Waals surface area contributed by atoms with Crippen LogP contribution in [0.1, 0.15) is 31.1 Å². The zero-order valence-electron chi connectivity index (χ0n) is 11.9. The van der Waals surface area contributed by atoms with Crippen LogP contribution in [0.25, 0.3) is 10.1 Å². The minimum atomic E-state index is -3.54. The van der Waals surface area contributed by atoms with Crippen molar-refractivity contribution in [3.8, 4) is 0 Å². The van der Waals surface area contributed by atoms with Crippen LogP contribution in [0.15, 0.2) is 29.2 Å². The zero-order valence-corrected chi connectivity index (χ0v) is 13.6. The molecule has 6 heteroatoms. The summed E-state index contributed by atoms with van der Waals surface area (Å²) in [5.74, 6) is 0. The summed E-state index contributed by atoms with van der Waals surface area (Å²) in [6.45, 7) is 2.30. The summed E-state index contributed by atoms with van der Waals surface area (Å²) in [6.07, 6.45) is 2.68. The minimum absolute atomic E-state index is 0.139. The lowest BCUT2D eigenvalue weighted by Crippen LogP contribution is -2.34. The van der Waals surface area contributed by atoms with E-state index in [2.05, 4.69) is 0 Å². The van der Waals surface area contributed by atoms with Gasteiger partial charge in [0.25, 0.3) is 0 Å². The second-order valence-electron chi connectivity index (χ2n) is 5.36. The number of aliphatic hydroxyl groups is 1. The van der Waals surface area contributed by atoms with Gasteiger partial charge in [0.15, 0.2) is 0 Å². The number of fused-ring (bicyclic) bond motifs is 1. The summed E-state index contributed by atoms with van der Waals surface area (Å²) in [5.41, 5.74) is 0. The van der Waals surface area contributed by atoms with Crippen LogP contribution in [0.3, 0.4) is 0 Å². The molecule has 0 amide bonds. The number of nitrogens with zero attached hydrogens (tertiary/aromatic N) is 1. The lowest BCUT2D eigenvalue weighted by atomic mass is 10.2. The van der Waals surface area contributed by atoms with E-state index < -0.39 is 10.0 Å². The van der Waals surface area contributed by atoms with Crippen molar-refractivity contribution < 1.29 is 13.5 Å². The second kappa shape index (κ2) is 5.68. The zero-order chi connectivity index (χ0) is 15.0. The maximum atomic E-state index is 13.1. The van der Waals surface area contributed by atoms with Crippen molar-refractivity contribution >= 4 is 31.4 Å². The van der Waals surface area contributed by atoms with Crippen LogP contribution in [-0.2, 0) is 16.6 Å². The van der Waals surface area contributed by atoms with E-state index in [0.717, 1.165) is 29.3 Å². The first-order valence-corrected chi connectivity index (χ1v) is 9.48. The van der Waals surface area contributed by atoms with E-state index in [1.807, 2.05) is 31.2 Å². The van der Waals surface area contributed by atoms with Crippen LogP contribution in [0.2, 0.25) is 0 Å². The van der Waals surface area contributed by atoms with E-state index in [9.17, 15) is 13.5 Å². The summed E-state index contributed by atoms with van der Waals surface area (Å²) in [4.78, 5) is 0.851. The highest BCUT2D eigenvalue weighted by atomic mass is 32.2. The molecule has 1 saturated carbocycles. The molecule has 3 rings (SSSR count). The molecule has 0 atom stereocenters. The fourth-order valence-corrected chi connectivity index (χ4v) is 6.19. The molecule has 1 fully saturated rings. The van der Waals surface area contributed by atoms with Gasteiger partial charge in [-0.25, -0.2) is 8.42 Å². The highest BCUT2D eigenvalue weighted by Gasteiger charge is 2.39. The van der Waals surface area contributed by atoms with Crippen LogP contribution in [0.5, 0.6) is 0 Å². The van der Waals surface area contributed by atoms with E-state index >= 15 is 0 Å². The Morgan fingerprint density at radius 2 is 2.05 bits per heavy atom. The Kier molecular flexibility index (Phi) is 4.05. The van der Waals surface area contributed by atoms with Gasteiger partial charge in [-0.1, -0.05) is 25.1 Å². The van der Waals surface area contributed by atoms with Gasteiger partial charge in [0.05, 0.1) is 11.5 Å². The van der Waals surface area contributed by atoms with Gasteiger partial charge in [-0.2, -0.15) is 4.31 Å². The first-order valence-electron chi connectivity index (χ1n) is 7.22. The Morgan fingerprint density at radius 3 is 2.67 bits per heavy atom. The monoisotopic (exact) mass is 325 g/mol. The Bertz CT molecular complexity index is 747. The number of rotatable bonds is 6. The van der Waals surface area contributed by atoms with Gasteiger partial charge in [0.1, 0.15) is 4.90 Å². The van der Waals surface area contributed by atoms with E-state index in [4.69, 9.17) is 0 Å². The molecule has 1 aliphatic carbocycles. The predicted octanol–water partition coefficient (Wildman–Crippen LogP) is 2.96. The summed E-state index contributed by atoms with van der Waals surface area (Å²) < 4.78 is 28.7. The van der Waals surface area contributed by atoms with Crippen molar-refractivity contribution in [1.82, 2.24) is 4.31 Å². The third-order valence-corrected chi connectivity index (χ3v) is 7.09. The highest BCUT2D eigenvalue weighted by Crippen LogP contribution is 2.39. The van der Waals surface area contributed by atoms with Gasteiger partial charge in [-0.15, -0.1) is 11.3 Å². The molecule has 0 saturated heterocycles. The van der Waals surface area contributed by atoms with Crippen LogP contribution >= 0.6 is 11.3 Å². The molecular weight excluding hydrogens is 306 g/mol. The summed E-state index contributed by atoms with van der Waals surface area (Å²) in [6, 6.07) is 7.60. The smallest absolute Gasteiger partial charge is 0.245 e. The Labute approximate surface area is 129 Å². The molecule has 0 aliphatic heterocycles. The number of sulfonamides is 1. The number of hydrogen-bond acceptors (Lipinski definition) is 4.